The summed E-state index contributed by atoms with van der Waals surface area (Å²) in [6.07, 6.45) is 0. The summed E-state index contributed by atoms with van der Waals surface area (Å²) in [4.78, 5) is 16.6. The van der Waals surface area contributed by atoms with Crippen LogP contribution in [0.25, 0.3) is 0 Å². The first-order valence-corrected chi connectivity index (χ1v) is 5.92. The predicted molar refractivity (Wildman–Crippen MR) is 63.5 cm³/mol. The van der Waals surface area contributed by atoms with Crippen molar-refractivity contribution in [2.45, 2.75) is 11.8 Å². The molecule has 0 fully saturated rings. The molecule has 0 heterocycles. The van der Waals surface area contributed by atoms with Gasteiger partial charge in [-0.2, -0.15) is 0 Å². The van der Waals surface area contributed by atoms with E-state index in [0.29, 0.717) is 12.4 Å². The van der Waals surface area contributed by atoms with Crippen LogP contribution in [-0.2, 0) is 9.63 Å². The number of ether oxygens (including phenoxy) is 1. The molecule has 1 N–H and O–H groups in total. The lowest BCUT2D eigenvalue weighted by molar-refractivity contribution is -0.128. The number of hydroxylamine groups is 1. The molecule has 0 saturated carbocycles. The number of carbonyl (C=O) groups excluding carboxylic acids is 1. The van der Waals surface area contributed by atoms with E-state index in [1.165, 1.54) is 18.9 Å². The highest BCUT2D eigenvalue weighted by Crippen LogP contribution is 2.21. The zero-order valence-corrected chi connectivity index (χ0v) is 10.2. The lowest BCUT2D eigenvalue weighted by Crippen LogP contribution is -2.23. The van der Waals surface area contributed by atoms with E-state index >= 15 is 0 Å². The van der Waals surface area contributed by atoms with Crippen molar-refractivity contribution in [1.29, 1.82) is 0 Å². The molecule has 0 aliphatic heterocycles. The molecule has 0 aliphatic rings. The highest BCUT2D eigenvalue weighted by Gasteiger charge is 2.01. The van der Waals surface area contributed by atoms with Crippen LogP contribution in [0.1, 0.15) is 6.92 Å². The summed E-state index contributed by atoms with van der Waals surface area (Å²) in [6, 6.07) is 7.63. The Balaban J connectivity index is 2.40. The van der Waals surface area contributed by atoms with Gasteiger partial charge < -0.3 is 4.74 Å². The zero-order valence-electron chi connectivity index (χ0n) is 9.36. The van der Waals surface area contributed by atoms with E-state index in [2.05, 4.69) is 10.3 Å². The van der Waals surface area contributed by atoms with E-state index in [1.54, 1.807) is 0 Å². The molecule has 88 valence electrons. The Morgan fingerprint density at radius 1 is 1.38 bits per heavy atom. The third-order valence-electron chi connectivity index (χ3n) is 1.72. The summed E-state index contributed by atoms with van der Waals surface area (Å²) in [5, 5.41) is 0. The number of thioether (sulfide) groups is 1. The summed E-state index contributed by atoms with van der Waals surface area (Å²) in [5.41, 5.74) is 2.26. The monoisotopic (exact) mass is 241 g/mol. The molecule has 0 atom stereocenters. The molecule has 0 aliphatic carbocycles. The Bertz CT molecular complexity index is 327. The van der Waals surface area contributed by atoms with Gasteiger partial charge in [0.05, 0.1) is 19.5 Å². The van der Waals surface area contributed by atoms with Gasteiger partial charge in [-0.25, -0.2) is 5.48 Å². The van der Waals surface area contributed by atoms with Crippen LogP contribution >= 0.6 is 11.8 Å². The van der Waals surface area contributed by atoms with Crippen LogP contribution in [0.4, 0.5) is 0 Å². The normalized spacial score (nSPS) is 9.88. The number of hydrogen-bond donors (Lipinski definition) is 1. The highest BCUT2D eigenvalue weighted by atomic mass is 32.2. The van der Waals surface area contributed by atoms with Crippen LogP contribution in [0.2, 0.25) is 0 Å². The minimum absolute atomic E-state index is 0.151. The lowest BCUT2D eigenvalue weighted by atomic mass is 10.3. The largest absolute Gasteiger partial charge is 0.494 e. The first-order chi connectivity index (χ1) is 7.76. The summed E-state index contributed by atoms with van der Waals surface area (Å²) >= 11 is 1.45. The van der Waals surface area contributed by atoms with Crippen LogP contribution in [0.15, 0.2) is 29.2 Å². The first kappa shape index (κ1) is 12.9. The molecular weight excluding hydrogens is 226 g/mol. The quantitative estimate of drug-likeness (QED) is 0.610. The molecule has 4 nitrogen and oxygen atoms in total. The van der Waals surface area contributed by atoms with E-state index < -0.39 is 0 Å². The van der Waals surface area contributed by atoms with Gasteiger partial charge in [0.2, 0.25) is 0 Å². The lowest BCUT2D eigenvalue weighted by Gasteiger charge is -2.04. The summed E-state index contributed by atoms with van der Waals surface area (Å²) < 4.78 is 5.32. The Morgan fingerprint density at radius 2 is 2.06 bits per heavy atom. The molecular formula is C11H15NO3S. The van der Waals surface area contributed by atoms with Crippen molar-refractivity contribution >= 4 is 17.7 Å². The van der Waals surface area contributed by atoms with Gasteiger partial charge >= 0.3 is 0 Å². The van der Waals surface area contributed by atoms with E-state index in [1.807, 2.05) is 31.2 Å². The number of carbonyl (C=O) groups is 1. The number of amides is 1. The van der Waals surface area contributed by atoms with Gasteiger partial charge in [-0.15, -0.1) is 11.8 Å². The van der Waals surface area contributed by atoms with E-state index in [4.69, 9.17) is 4.74 Å². The third-order valence-corrected chi connectivity index (χ3v) is 2.73. The maximum atomic E-state index is 11.1. The molecule has 1 aromatic rings. The van der Waals surface area contributed by atoms with Gasteiger partial charge in [-0.05, 0) is 31.2 Å². The molecule has 1 aromatic carbocycles. The topological polar surface area (TPSA) is 47.6 Å². The zero-order chi connectivity index (χ0) is 11.8. The molecule has 0 aromatic heterocycles. The maximum Gasteiger partial charge on any atom is 0.253 e. The second-order valence-electron chi connectivity index (χ2n) is 2.92. The number of hydrogen-bond acceptors (Lipinski definition) is 4. The SMILES string of the molecule is CCOc1ccc(SCC(=O)NOC)cc1. The molecule has 0 spiro atoms. The average molecular weight is 241 g/mol. The van der Waals surface area contributed by atoms with Crippen molar-refractivity contribution in [3.05, 3.63) is 24.3 Å². The maximum absolute atomic E-state index is 11.1. The molecule has 16 heavy (non-hydrogen) atoms. The van der Waals surface area contributed by atoms with Crippen LogP contribution in [-0.4, -0.2) is 25.4 Å². The highest BCUT2D eigenvalue weighted by molar-refractivity contribution is 8.00. The van der Waals surface area contributed by atoms with Gasteiger partial charge in [0.15, 0.2) is 0 Å². The molecule has 5 heteroatoms. The third kappa shape index (κ3) is 4.55. The fraction of sp³-hybridized carbons (Fsp3) is 0.364. The fourth-order valence-corrected chi connectivity index (χ4v) is 1.78. The van der Waals surface area contributed by atoms with Gasteiger partial charge in [0, 0.05) is 4.90 Å². The number of nitrogens with one attached hydrogen (secondary N) is 1. The molecule has 0 bridgehead atoms. The summed E-state index contributed by atoms with van der Waals surface area (Å²) in [6.45, 7) is 2.60. The van der Waals surface area contributed by atoms with E-state index in [0.717, 1.165) is 10.6 Å². The molecule has 0 unspecified atom stereocenters. The van der Waals surface area contributed by atoms with Gasteiger partial charge in [-0.1, -0.05) is 0 Å². The van der Waals surface area contributed by atoms with Crippen molar-refractivity contribution in [3.63, 3.8) is 0 Å². The second kappa shape index (κ2) is 7.14. The summed E-state index contributed by atoms with van der Waals surface area (Å²) in [7, 11) is 1.42. The minimum Gasteiger partial charge on any atom is -0.494 e. The van der Waals surface area contributed by atoms with Gasteiger partial charge in [-0.3, -0.25) is 9.63 Å². The Labute approximate surface area is 99.3 Å². The predicted octanol–water partition coefficient (Wildman–Crippen LogP) is 1.85. The van der Waals surface area contributed by atoms with Crippen LogP contribution < -0.4 is 10.2 Å². The Kier molecular flexibility index (Phi) is 5.74. The molecule has 0 radical (unpaired) electrons. The standard InChI is InChI=1S/C11H15NO3S/c1-3-15-9-4-6-10(7-5-9)16-8-11(13)12-14-2/h4-7H,3,8H2,1-2H3,(H,12,13). The van der Waals surface area contributed by atoms with Crippen molar-refractivity contribution in [2.24, 2.45) is 0 Å². The van der Waals surface area contributed by atoms with Crippen molar-refractivity contribution < 1.29 is 14.4 Å². The van der Waals surface area contributed by atoms with Crippen LogP contribution in [0.5, 0.6) is 5.75 Å². The van der Waals surface area contributed by atoms with Crippen molar-refractivity contribution in [1.82, 2.24) is 5.48 Å². The Morgan fingerprint density at radius 3 is 2.62 bits per heavy atom. The average Bonchev–Trinajstić information content (AvgIpc) is 2.29. The summed E-state index contributed by atoms with van der Waals surface area (Å²) in [5.74, 6) is 1.02. The second-order valence-corrected chi connectivity index (χ2v) is 3.97. The van der Waals surface area contributed by atoms with Gasteiger partial charge in [0.25, 0.3) is 5.91 Å². The minimum atomic E-state index is -0.151. The van der Waals surface area contributed by atoms with E-state index in [9.17, 15) is 4.79 Å². The van der Waals surface area contributed by atoms with Crippen molar-refractivity contribution in [3.8, 4) is 5.75 Å². The van der Waals surface area contributed by atoms with E-state index in [-0.39, 0.29) is 5.91 Å². The molecule has 1 rings (SSSR count). The first-order valence-electron chi connectivity index (χ1n) is 4.93. The number of benzene rings is 1. The van der Waals surface area contributed by atoms with Crippen molar-refractivity contribution in [2.75, 3.05) is 19.5 Å². The smallest absolute Gasteiger partial charge is 0.253 e. The fourth-order valence-electron chi connectivity index (χ4n) is 1.09. The van der Waals surface area contributed by atoms with Gasteiger partial charge in [0.1, 0.15) is 5.75 Å². The number of rotatable bonds is 6. The molecule has 1 amide bonds. The van der Waals surface area contributed by atoms with Crippen LogP contribution in [0, 0.1) is 0 Å². The molecule has 0 saturated heterocycles. The van der Waals surface area contributed by atoms with Crippen LogP contribution in [0.3, 0.4) is 0 Å². The Hall–Kier alpha value is -1.20.